The molecule has 84 valence electrons. The van der Waals surface area contributed by atoms with Gasteiger partial charge in [-0.3, -0.25) is 0 Å². The Balaban J connectivity index is 0.000000531. The zero-order chi connectivity index (χ0) is 11.3. The summed E-state index contributed by atoms with van der Waals surface area (Å²) >= 11 is 0. The van der Waals surface area contributed by atoms with Crippen LogP contribution in [0.5, 0.6) is 0 Å². The second kappa shape index (κ2) is 5.69. The van der Waals surface area contributed by atoms with Crippen LogP contribution in [0.2, 0.25) is 0 Å². The molecule has 1 atom stereocenters. The van der Waals surface area contributed by atoms with Crippen LogP contribution in [0.25, 0.3) is 0 Å². The van der Waals surface area contributed by atoms with Crippen LogP contribution in [0, 0.1) is 12.8 Å². The highest BCUT2D eigenvalue weighted by molar-refractivity contribution is 5.31. The Morgan fingerprint density at radius 3 is 2.33 bits per heavy atom. The van der Waals surface area contributed by atoms with Gasteiger partial charge in [-0.1, -0.05) is 20.8 Å². The van der Waals surface area contributed by atoms with E-state index < -0.39 is 0 Å². The Hall–Kier alpha value is -1.12. The third kappa shape index (κ3) is 3.18. The van der Waals surface area contributed by atoms with Gasteiger partial charge in [0.15, 0.2) is 0 Å². The van der Waals surface area contributed by atoms with Gasteiger partial charge in [-0.25, -0.2) is 9.97 Å². The van der Waals surface area contributed by atoms with Crippen LogP contribution in [0.4, 0.5) is 5.95 Å². The molecular weight excluding hydrogens is 186 g/mol. The lowest BCUT2D eigenvalue weighted by atomic mass is 10.2. The molecule has 0 N–H and O–H groups in total. The van der Waals surface area contributed by atoms with Crippen molar-refractivity contribution in [3.8, 4) is 0 Å². The predicted molar refractivity (Wildman–Crippen MR) is 64.1 cm³/mol. The van der Waals surface area contributed by atoms with E-state index in [1.165, 1.54) is 6.42 Å². The minimum atomic E-state index is 0.782. The van der Waals surface area contributed by atoms with E-state index in [0.717, 1.165) is 30.5 Å². The molecule has 0 saturated carbocycles. The van der Waals surface area contributed by atoms with Crippen molar-refractivity contribution in [1.82, 2.24) is 9.97 Å². The molecule has 2 rings (SSSR count). The summed E-state index contributed by atoms with van der Waals surface area (Å²) in [6.07, 6.45) is 5.02. The Kier molecular flexibility index (Phi) is 4.53. The highest BCUT2D eigenvalue weighted by Gasteiger charge is 2.20. The summed E-state index contributed by atoms with van der Waals surface area (Å²) in [6, 6.07) is 0. The summed E-state index contributed by atoms with van der Waals surface area (Å²) in [5.74, 6) is 1.67. The minimum absolute atomic E-state index is 0.782. The Morgan fingerprint density at radius 2 is 1.87 bits per heavy atom. The first kappa shape index (κ1) is 12.0. The van der Waals surface area contributed by atoms with Gasteiger partial charge in [-0.2, -0.15) is 0 Å². The van der Waals surface area contributed by atoms with Gasteiger partial charge in [-0.05, 0) is 24.8 Å². The quantitative estimate of drug-likeness (QED) is 0.709. The first-order chi connectivity index (χ1) is 7.25. The molecule has 0 aromatic carbocycles. The van der Waals surface area contributed by atoms with E-state index in [2.05, 4.69) is 21.8 Å². The van der Waals surface area contributed by atoms with E-state index in [9.17, 15) is 0 Å². The summed E-state index contributed by atoms with van der Waals surface area (Å²) < 4.78 is 0. The summed E-state index contributed by atoms with van der Waals surface area (Å²) in [7, 11) is 0. The second-order valence-electron chi connectivity index (χ2n) is 3.90. The molecule has 3 heteroatoms. The summed E-state index contributed by atoms with van der Waals surface area (Å²) in [5.41, 5.74) is 1.12. The van der Waals surface area contributed by atoms with Crippen molar-refractivity contribution in [2.45, 2.75) is 34.1 Å². The number of hydrogen-bond acceptors (Lipinski definition) is 3. The Labute approximate surface area is 92.6 Å². The first-order valence-electron chi connectivity index (χ1n) is 5.79. The van der Waals surface area contributed by atoms with Gasteiger partial charge in [0.2, 0.25) is 5.95 Å². The molecule has 0 spiro atoms. The third-order valence-electron chi connectivity index (χ3n) is 2.47. The highest BCUT2D eigenvalue weighted by atomic mass is 15.3. The van der Waals surface area contributed by atoms with Gasteiger partial charge < -0.3 is 4.90 Å². The summed E-state index contributed by atoms with van der Waals surface area (Å²) in [5, 5.41) is 0. The van der Waals surface area contributed by atoms with E-state index in [4.69, 9.17) is 0 Å². The maximum Gasteiger partial charge on any atom is 0.225 e. The predicted octanol–water partition coefficient (Wildman–Crippen LogP) is 2.66. The van der Waals surface area contributed by atoms with Gasteiger partial charge in [0.05, 0.1) is 0 Å². The smallest absolute Gasteiger partial charge is 0.225 e. The molecule has 0 radical (unpaired) electrons. The molecule has 0 bridgehead atoms. The number of hydrogen-bond donors (Lipinski definition) is 0. The molecule has 0 aliphatic carbocycles. The number of aromatic nitrogens is 2. The number of rotatable bonds is 1. The van der Waals surface area contributed by atoms with Crippen LogP contribution in [0.15, 0.2) is 12.4 Å². The zero-order valence-corrected chi connectivity index (χ0v) is 10.2. The van der Waals surface area contributed by atoms with Crippen LogP contribution in [0.3, 0.4) is 0 Å². The normalized spacial score (nSPS) is 19.7. The van der Waals surface area contributed by atoms with Crippen molar-refractivity contribution < 1.29 is 0 Å². The van der Waals surface area contributed by atoms with Crippen molar-refractivity contribution >= 4 is 5.95 Å². The third-order valence-corrected chi connectivity index (χ3v) is 2.47. The molecular formula is C12H21N3. The van der Waals surface area contributed by atoms with Crippen molar-refractivity contribution in [2.24, 2.45) is 5.92 Å². The van der Waals surface area contributed by atoms with E-state index in [0.29, 0.717) is 0 Å². The topological polar surface area (TPSA) is 29.0 Å². The highest BCUT2D eigenvalue weighted by Crippen LogP contribution is 2.19. The molecule has 3 nitrogen and oxygen atoms in total. The van der Waals surface area contributed by atoms with E-state index in [1.807, 2.05) is 33.2 Å². The average molecular weight is 207 g/mol. The molecule has 1 unspecified atom stereocenters. The number of nitrogens with zero attached hydrogens (tertiary/aromatic N) is 3. The monoisotopic (exact) mass is 207 g/mol. The molecule has 1 aliphatic rings. The zero-order valence-electron chi connectivity index (χ0n) is 10.2. The molecule has 1 aliphatic heterocycles. The van der Waals surface area contributed by atoms with Crippen LogP contribution in [-0.4, -0.2) is 23.1 Å². The molecule has 1 aromatic rings. The number of aryl methyl sites for hydroxylation is 1. The fourth-order valence-electron chi connectivity index (χ4n) is 1.67. The van der Waals surface area contributed by atoms with Crippen LogP contribution in [-0.2, 0) is 0 Å². The Morgan fingerprint density at radius 1 is 1.27 bits per heavy atom. The first-order valence-corrected chi connectivity index (χ1v) is 5.79. The van der Waals surface area contributed by atoms with Gasteiger partial charge in [0.1, 0.15) is 0 Å². The maximum absolute atomic E-state index is 4.31. The molecule has 15 heavy (non-hydrogen) atoms. The van der Waals surface area contributed by atoms with Crippen molar-refractivity contribution in [3.05, 3.63) is 18.0 Å². The van der Waals surface area contributed by atoms with Crippen LogP contribution < -0.4 is 4.90 Å². The van der Waals surface area contributed by atoms with E-state index >= 15 is 0 Å². The lowest BCUT2D eigenvalue weighted by Gasteiger charge is -2.14. The van der Waals surface area contributed by atoms with Gasteiger partial charge in [0, 0.05) is 25.5 Å². The largest absolute Gasteiger partial charge is 0.341 e. The minimum Gasteiger partial charge on any atom is -0.341 e. The number of anilines is 1. The Bertz CT molecular complexity index is 281. The van der Waals surface area contributed by atoms with E-state index in [-0.39, 0.29) is 0 Å². The molecule has 0 amide bonds. The van der Waals surface area contributed by atoms with E-state index in [1.54, 1.807) is 0 Å². The van der Waals surface area contributed by atoms with Gasteiger partial charge >= 0.3 is 0 Å². The van der Waals surface area contributed by atoms with Crippen molar-refractivity contribution in [3.63, 3.8) is 0 Å². The summed E-state index contributed by atoms with van der Waals surface area (Å²) in [4.78, 5) is 10.9. The fraction of sp³-hybridized carbons (Fsp3) is 0.667. The van der Waals surface area contributed by atoms with Crippen molar-refractivity contribution in [1.29, 1.82) is 0 Å². The van der Waals surface area contributed by atoms with Gasteiger partial charge in [0.25, 0.3) is 0 Å². The molecule has 1 fully saturated rings. The lowest BCUT2D eigenvalue weighted by molar-refractivity contribution is 0.658. The fourth-order valence-corrected chi connectivity index (χ4v) is 1.67. The molecule has 1 saturated heterocycles. The van der Waals surface area contributed by atoms with Crippen LogP contribution in [0.1, 0.15) is 32.8 Å². The van der Waals surface area contributed by atoms with Crippen LogP contribution >= 0.6 is 0 Å². The SMILES string of the molecule is CC.Cc1cnc(N2CCC(C)C2)nc1. The van der Waals surface area contributed by atoms with Gasteiger partial charge in [-0.15, -0.1) is 0 Å². The van der Waals surface area contributed by atoms with Crippen molar-refractivity contribution in [2.75, 3.05) is 18.0 Å². The average Bonchev–Trinajstić information content (AvgIpc) is 2.69. The summed E-state index contributed by atoms with van der Waals surface area (Å²) in [6.45, 7) is 10.5. The lowest BCUT2D eigenvalue weighted by Crippen LogP contribution is -2.21. The second-order valence-corrected chi connectivity index (χ2v) is 3.90. The molecule has 2 heterocycles. The maximum atomic E-state index is 4.31. The standard InChI is InChI=1S/C10H15N3.C2H6/c1-8-3-4-13(7-8)10-11-5-9(2)6-12-10;1-2/h5-6,8H,3-4,7H2,1-2H3;1-2H3. The molecule has 1 aromatic heterocycles.